The summed E-state index contributed by atoms with van der Waals surface area (Å²) in [6.45, 7) is 2.28. The Morgan fingerprint density at radius 2 is 2.16 bits per heavy atom. The van der Waals surface area contributed by atoms with Crippen LogP contribution in [0.1, 0.15) is 25.0 Å². The second kappa shape index (κ2) is 4.96. The first kappa shape index (κ1) is 13.8. The van der Waals surface area contributed by atoms with Crippen molar-refractivity contribution in [2.45, 2.75) is 42.5 Å². The highest BCUT2D eigenvalue weighted by atomic mass is 35.5. The first-order valence-corrected chi connectivity index (χ1v) is 8.92. The van der Waals surface area contributed by atoms with Gasteiger partial charge in [-0.25, -0.2) is 18.1 Å². The maximum atomic E-state index is 12.4. The number of nitrogens with zero attached hydrogens (tertiary/aromatic N) is 1. The van der Waals surface area contributed by atoms with Gasteiger partial charge in [0.05, 0.1) is 17.8 Å². The molecule has 5 nitrogen and oxygen atoms in total. The Bertz CT molecular complexity index is 583. The Labute approximate surface area is 121 Å². The van der Waals surface area contributed by atoms with Crippen LogP contribution in [0, 0.1) is 12.8 Å². The molecule has 2 fully saturated rings. The summed E-state index contributed by atoms with van der Waals surface area (Å²) in [6, 6.07) is -0.127. The summed E-state index contributed by atoms with van der Waals surface area (Å²) >= 11 is 6.76. The largest absolute Gasteiger partial charge is 0.376 e. The number of sulfonamides is 1. The van der Waals surface area contributed by atoms with Crippen molar-refractivity contribution >= 4 is 33.0 Å². The summed E-state index contributed by atoms with van der Waals surface area (Å²) in [4.78, 5) is 3.95. The second-order valence-electron chi connectivity index (χ2n) is 5.03. The van der Waals surface area contributed by atoms with E-state index >= 15 is 0 Å². The van der Waals surface area contributed by atoms with Gasteiger partial charge in [0.25, 0.3) is 10.0 Å². The molecule has 2 heterocycles. The maximum Gasteiger partial charge on any atom is 0.252 e. The number of rotatable bonds is 4. The quantitative estimate of drug-likeness (QED) is 0.920. The highest BCUT2D eigenvalue weighted by Gasteiger charge is 2.42. The number of aryl methyl sites for hydroxylation is 1. The third kappa shape index (κ3) is 2.80. The molecule has 1 saturated heterocycles. The molecule has 0 amide bonds. The second-order valence-corrected chi connectivity index (χ2v) is 8.52. The summed E-state index contributed by atoms with van der Waals surface area (Å²) in [7, 11) is -3.55. The van der Waals surface area contributed by atoms with Gasteiger partial charge in [0, 0.05) is 6.61 Å². The number of hydrogen-bond acceptors (Lipinski definition) is 5. The molecule has 2 aliphatic rings. The zero-order valence-electron chi connectivity index (χ0n) is 10.4. The predicted octanol–water partition coefficient (Wildman–Crippen LogP) is 1.95. The van der Waals surface area contributed by atoms with Crippen LogP contribution in [0.25, 0.3) is 0 Å². The van der Waals surface area contributed by atoms with Crippen LogP contribution in [0.2, 0.25) is 4.47 Å². The van der Waals surface area contributed by atoms with Gasteiger partial charge in [0.2, 0.25) is 0 Å². The highest BCUT2D eigenvalue weighted by Crippen LogP contribution is 2.39. The zero-order chi connectivity index (χ0) is 13.6. The topological polar surface area (TPSA) is 68.3 Å². The Kier molecular flexibility index (Phi) is 3.59. The van der Waals surface area contributed by atoms with Gasteiger partial charge in [0.15, 0.2) is 8.68 Å². The van der Waals surface area contributed by atoms with Crippen LogP contribution >= 0.6 is 22.9 Å². The van der Waals surface area contributed by atoms with Gasteiger partial charge in [-0.2, -0.15) is 0 Å². The maximum absolute atomic E-state index is 12.4. The first-order valence-electron chi connectivity index (χ1n) is 6.24. The average Bonchev–Trinajstić information content (AvgIpc) is 2.97. The molecule has 3 rings (SSSR count). The Morgan fingerprint density at radius 3 is 2.74 bits per heavy atom. The van der Waals surface area contributed by atoms with Crippen LogP contribution in [-0.2, 0) is 14.8 Å². The van der Waals surface area contributed by atoms with Crippen molar-refractivity contribution in [3.8, 4) is 0 Å². The Hall–Kier alpha value is -0.210. The molecule has 1 saturated carbocycles. The number of ether oxygens (including phenoxy) is 1. The minimum absolute atomic E-state index is 0.0264. The molecule has 2 unspecified atom stereocenters. The summed E-state index contributed by atoms with van der Waals surface area (Å²) in [5.41, 5.74) is 0.449. The number of halogens is 1. The van der Waals surface area contributed by atoms with Crippen molar-refractivity contribution in [1.82, 2.24) is 9.71 Å². The third-order valence-electron chi connectivity index (χ3n) is 3.50. The van der Waals surface area contributed by atoms with Gasteiger partial charge in [-0.3, -0.25) is 0 Å². The van der Waals surface area contributed by atoms with Gasteiger partial charge in [-0.05, 0) is 32.1 Å². The number of nitrogens with one attached hydrogen (secondary N) is 1. The van der Waals surface area contributed by atoms with Gasteiger partial charge in [-0.1, -0.05) is 22.9 Å². The van der Waals surface area contributed by atoms with Crippen LogP contribution in [0.15, 0.2) is 4.21 Å². The first-order chi connectivity index (χ1) is 8.97. The van der Waals surface area contributed by atoms with Gasteiger partial charge in [0.1, 0.15) is 0 Å². The fourth-order valence-electron chi connectivity index (χ4n) is 2.48. The molecule has 1 aliphatic carbocycles. The van der Waals surface area contributed by atoms with E-state index in [0.29, 0.717) is 18.2 Å². The van der Waals surface area contributed by atoms with Crippen molar-refractivity contribution < 1.29 is 13.2 Å². The minimum Gasteiger partial charge on any atom is -0.376 e. The summed E-state index contributed by atoms with van der Waals surface area (Å²) < 4.78 is 33.6. The smallest absolute Gasteiger partial charge is 0.252 e. The summed E-state index contributed by atoms with van der Waals surface area (Å²) in [5.74, 6) is 0.515. The van der Waals surface area contributed by atoms with Crippen LogP contribution in [0.4, 0.5) is 0 Å². The summed E-state index contributed by atoms with van der Waals surface area (Å²) in [6.07, 6.45) is 3.02. The molecule has 0 aromatic carbocycles. The zero-order valence-corrected chi connectivity index (χ0v) is 12.8. The van der Waals surface area contributed by atoms with Crippen LogP contribution in [-0.4, -0.2) is 32.2 Å². The SMILES string of the molecule is Cc1nc(Cl)sc1S(=O)(=O)NC1CCOC1C1CC1. The highest BCUT2D eigenvalue weighted by molar-refractivity contribution is 7.91. The molecular formula is C11H15ClN2O3S2. The van der Waals surface area contributed by atoms with Crippen molar-refractivity contribution in [3.63, 3.8) is 0 Å². The lowest BCUT2D eigenvalue weighted by molar-refractivity contribution is 0.0848. The average molecular weight is 323 g/mol. The van der Waals surface area contributed by atoms with E-state index in [2.05, 4.69) is 9.71 Å². The molecule has 0 radical (unpaired) electrons. The van der Waals surface area contributed by atoms with Crippen molar-refractivity contribution in [2.75, 3.05) is 6.61 Å². The lowest BCUT2D eigenvalue weighted by Crippen LogP contribution is -2.41. The van der Waals surface area contributed by atoms with E-state index in [1.165, 1.54) is 0 Å². The molecule has 1 aliphatic heterocycles. The normalized spacial score (nSPS) is 27.9. The third-order valence-corrected chi connectivity index (χ3v) is 6.86. The van der Waals surface area contributed by atoms with Crippen LogP contribution in [0.3, 0.4) is 0 Å². The van der Waals surface area contributed by atoms with E-state index in [1.54, 1.807) is 6.92 Å². The van der Waals surface area contributed by atoms with E-state index in [-0.39, 0.29) is 20.8 Å². The fourth-order valence-corrected chi connectivity index (χ4v) is 5.52. The molecule has 8 heteroatoms. The van der Waals surface area contributed by atoms with Crippen LogP contribution < -0.4 is 4.72 Å². The number of thiazole rings is 1. The Morgan fingerprint density at radius 1 is 1.42 bits per heavy atom. The standard InChI is InChI=1S/C11H15ClN2O3S2/c1-6-10(18-11(12)13-6)19(15,16)14-8-4-5-17-9(8)7-2-3-7/h7-9,14H,2-5H2,1H3. The van der Waals surface area contributed by atoms with E-state index in [4.69, 9.17) is 16.3 Å². The predicted molar refractivity (Wildman–Crippen MR) is 73.1 cm³/mol. The van der Waals surface area contributed by atoms with Gasteiger partial charge in [-0.15, -0.1) is 0 Å². The Balaban J connectivity index is 1.79. The molecule has 1 aromatic rings. The fraction of sp³-hybridized carbons (Fsp3) is 0.727. The van der Waals surface area contributed by atoms with Crippen molar-refractivity contribution in [3.05, 3.63) is 10.2 Å². The monoisotopic (exact) mass is 322 g/mol. The van der Waals surface area contributed by atoms with E-state index < -0.39 is 10.0 Å². The van der Waals surface area contributed by atoms with Crippen molar-refractivity contribution in [1.29, 1.82) is 0 Å². The van der Waals surface area contributed by atoms with Crippen molar-refractivity contribution in [2.24, 2.45) is 5.92 Å². The molecule has 1 N–H and O–H groups in total. The molecule has 2 atom stereocenters. The summed E-state index contributed by atoms with van der Waals surface area (Å²) in [5, 5.41) is 0. The minimum atomic E-state index is -3.55. The van der Waals surface area contributed by atoms with Gasteiger partial charge >= 0.3 is 0 Å². The van der Waals surface area contributed by atoms with E-state index in [1.807, 2.05) is 0 Å². The number of hydrogen-bond donors (Lipinski definition) is 1. The number of aromatic nitrogens is 1. The molecule has 0 bridgehead atoms. The molecule has 106 valence electrons. The molecular weight excluding hydrogens is 308 g/mol. The van der Waals surface area contributed by atoms with Gasteiger partial charge < -0.3 is 4.74 Å². The molecule has 0 spiro atoms. The lowest BCUT2D eigenvalue weighted by Gasteiger charge is -2.18. The lowest BCUT2D eigenvalue weighted by atomic mass is 10.1. The van der Waals surface area contributed by atoms with E-state index in [0.717, 1.165) is 30.6 Å². The van der Waals surface area contributed by atoms with Crippen LogP contribution in [0.5, 0.6) is 0 Å². The molecule has 1 aromatic heterocycles. The molecule has 19 heavy (non-hydrogen) atoms. The van der Waals surface area contributed by atoms with E-state index in [9.17, 15) is 8.42 Å².